The maximum Gasteiger partial charge on any atom is 0.293 e. The van der Waals surface area contributed by atoms with Crippen molar-refractivity contribution in [2.24, 2.45) is 0 Å². The van der Waals surface area contributed by atoms with Gasteiger partial charge in [-0.05, 0) is 42.7 Å². The zero-order valence-electron chi connectivity index (χ0n) is 14.1. The van der Waals surface area contributed by atoms with Gasteiger partial charge >= 0.3 is 0 Å². The summed E-state index contributed by atoms with van der Waals surface area (Å²) in [5.74, 6) is 1.45. The average molecular weight is 351 g/mol. The standard InChI is InChI=1S/C19H17N3O4/c20-12-13-3-5-16(17(10-13)22(23)24)21-7-1-2-15(21)14-4-6-18-19(11-14)26-9-8-25-18/h3-6,10-11,15H,1-2,7-9H2/t15-/m1/s1. The van der Waals surface area contributed by atoms with Gasteiger partial charge in [-0.1, -0.05) is 6.07 Å². The summed E-state index contributed by atoms with van der Waals surface area (Å²) in [6, 6.07) is 12.5. The summed E-state index contributed by atoms with van der Waals surface area (Å²) in [7, 11) is 0. The molecule has 0 spiro atoms. The van der Waals surface area contributed by atoms with Crippen molar-refractivity contribution in [1.29, 1.82) is 5.26 Å². The minimum atomic E-state index is -0.421. The molecule has 0 unspecified atom stereocenters. The lowest BCUT2D eigenvalue weighted by molar-refractivity contribution is -0.384. The third-order valence-corrected chi connectivity index (χ3v) is 4.81. The van der Waals surface area contributed by atoms with Crippen molar-refractivity contribution in [1.82, 2.24) is 0 Å². The first-order valence-electron chi connectivity index (χ1n) is 8.52. The topological polar surface area (TPSA) is 88.6 Å². The Kier molecular flexibility index (Phi) is 4.09. The van der Waals surface area contributed by atoms with Crippen LogP contribution in [0.3, 0.4) is 0 Å². The minimum absolute atomic E-state index is 0.0254. The van der Waals surface area contributed by atoms with Crippen molar-refractivity contribution in [2.75, 3.05) is 24.7 Å². The number of nitro groups is 1. The summed E-state index contributed by atoms with van der Waals surface area (Å²) in [4.78, 5) is 13.1. The Bertz CT molecular complexity index is 906. The van der Waals surface area contributed by atoms with Crippen LogP contribution in [0.2, 0.25) is 0 Å². The van der Waals surface area contributed by atoms with Gasteiger partial charge in [-0.2, -0.15) is 5.26 Å². The molecule has 2 aliphatic rings. The Morgan fingerprint density at radius 2 is 1.96 bits per heavy atom. The lowest BCUT2D eigenvalue weighted by Gasteiger charge is -2.28. The number of nitro benzene ring substituents is 1. The number of benzene rings is 2. The molecule has 2 heterocycles. The van der Waals surface area contributed by atoms with Crippen molar-refractivity contribution in [3.05, 3.63) is 57.6 Å². The molecule has 0 saturated carbocycles. The third kappa shape index (κ3) is 2.80. The second-order valence-electron chi connectivity index (χ2n) is 6.33. The fourth-order valence-corrected chi connectivity index (χ4v) is 3.65. The number of hydrogen-bond donors (Lipinski definition) is 0. The van der Waals surface area contributed by atoms with Gasteiger partial charge in [0.25, 0.3) is 5.69 Å². The fraction of sp³-hybridized carbons (Fsp3) is 0.316. The van der Waals surface area contributed by atoms with Crippen LogP contribution in [0.25, 0.3) is 0 Å². The van der Waals surface area contributed by atoms with Gasteiger partial charge in [0, 0.05) is 12.6 Å². The number of rotatable bonds is 3. The Morgan fingerprint density at radius 1 is 1.15 bits per heavy atom. The molecule has 1 atom stereocenters. The Balaban J connectivity index is 1.72. The summed E-state index contributed by atoms with van der Waals surface area (Å²) < 4.78 is 11.2. The molecule has 0 radical (unpaired) electrons. The molecule has 0 N–H and O–H groups in total. The van der Waals surface area contributed by atoms with Crippen molar-refractivity contribution in [3.63, 3.8) is 0 Å². The molecular weight excluding hydrogens is 334 g/mol. The molecule has 0 bridgehead atoms. The highest BCUT2D eigenvalue weighted by molar-refractivity contribution is 5.67. The first-order valence-corrected chi connectivity index (χ1v) is 8.52. The molecular formula is C19H17N3O4. The highest BCUT2D eigenvalue weighted by atomic mass is 16.6. The Hall–Kier alpha value is -3.27. The predicted octanol–water partition coefficient (Wildman–Crippen LogP) is 3.58. The van der Waals surface area contributed by atoms with E-state index in [1.54, 1.807) is 12.1 Å². The minimum Gasteiger partial charge on any atom is -0.486 e. The van der Waals surface area contributed by atoms with Crippen LogP contribution in [-0.2, 0) is 0 Å². The number of nitrogens with zero attached hydrogens (tertiary/aromatic N) is 3. The van der Waals surface area contributed by atoms with Gasteiger partial charge in [-0.3, -0.25) is 10.1 Å². The first-order chi connectivity index (χ1) is 12.7. The summed E-state index contributed by atoms with van der Waals surface area (Å²) in [5.41, 5.74) is 1.85. The second kappa shape index (κ2) is 6.56. The van der Waals surface area contributed by atoms with Crippen LogP contribution >= 0.6 is 0 Å². The normalized spacial score (nSPS) is 18.4. The SMILES string of the molecule is N#Cc1ccc(N2CCC[C@@H]2c2ccc3c(c2)OCCO3)c([N+](=O)[O-])c1. The van der Waals surface area contributed by atoms with E-state index in [2.05, 4.69) is 0 Å². The molecule has 0 aromatic heterocycles. The van der Waals surface area contributed by atoms with E-state index in [4.69, 9.17) is 14.7 Å². The summed E-state index contributed by atoms with van der Waals surface area (Å²) in [6.45, 7) is 1.79. The number of fused-ring (bicyclic) bond motifs is 1. The van der Waals surface area contributed by atoms with Gasteiger partial charge in [-0.15, -0.1) is 0 Å². The predicted molar refractivity (Wildman–Crippen MR) is 94.6 cm³/mol. The number of anilines is 1. The first kappa shape index (κ1) is 16.2. The van der Waals surface area contributed by atoms with Gasteiger partial charge < -0.3 is 14.4 Å². The van der Waals surface area contributed by atoms with E-state index < -0.39 is 4.92 Å². The lowest BCUT2D eigenvalue weighted by atomic mass is 10.0. The van der Waals surface area contributed by atoms with Gasteiger partial charge in [0.1, 0.15) is 18.9 Å². The van der Waals surface area contributed by atoms with Gasteiger partial charge in [0.2, 0.25) is 0 Å². The van der Waals surface area contributed by atoms with E-state index in [0.29, 0.717) is 18.9 Å². The largest absolute Gasteiger partial charge is 0.486 e. The van der Waals surface area contributed by atoms with Gasteiger partial charge in [0.05, 0.1) is 22.6 Å². The quantitative estimate of drug-likeness (QED) is 0.620. The Morgan fingerprint density at radius 3 is 2.73 bits per heavy atom. The third-order valence-electron chi connectivity index (χ3n) is 4.81. The van der Waals surface area contributed by atoms with Crippen LogP contribution in [0, 0.1) is 21.4 Å². The van der Waals surface area contributed by atoms with Crippen LogP contribution < -0.4 is 14.4 Å². The summed E-state index contributed by atoms with van der Waals surface area (Å²) in [5, 5.41) is 20.5. The van der Waals surface area contributed by atoms with Crippen LogP contribution in [0.15, 0.2) is 36.4 Å². The monoisotopic (exact) mass is 351 g/mol. The molecule has 4 rings (SSSR count). The van der Waals surface area contributed by atoms with Crippen molar-refractivity contribution in [2.45, 2.75) is 18.9 Å². The zero-order valence-corrected chi connectivity index (χ0v) is 14.1. The number of hydrogen-bond acceptors (Lipinski definition) is 6. The van der Waals surface area contributed by atoms with Gasteiger partial charge in [-0.25, -0.2) is 0 Å². The molecule has 7 nitrogen and oxygen atoms in total. The smallest absolute Gasteiger partial charge is 0.293 e. The molecule has 132 valence electrons. The highest BCUT2D eigenvalue weighted by Gasteiger charge is 2.31. The lowest BCUT2D eigenvalue weighted by Crippen LogP contribution is -2.24. The second-order valence-corrected chi connectivity index (χ2v) is 6.33. The maximum absolute atomic E-state index is 11.5. The van der Waals surface area contributed by atoms with Crippen LogP contribution in [0.5, 0.6) is 11.5 Å². The molecule has 7 heteroatoms. The number of nitriles is 1. The van der Waals surface area contributed by atoms with Crippen molar-refractivity contribution >= 4 is 11.4 Å². The number of ether oxygens (including phenoxy) is 2. The zero-order chi connectivity index (χ0) is 18.1. The van der Waals surface area contributed by atoms with E-state index >= 15 is 0 Å². The average Bonchev–Trinajstić information content (AvgIpc) is 3.16. The molecule has 1 saturated heterocycles. The van der Waals surface area contributed by atoms with E-state index in [1.165, 1.54) is 6.07 Å². The van der Waals surface area contributed by atoms with Crippen molar-refractivity contribution in [3.8, 4) is 17.6 Å². The van der Waals surface area contributed by atoms with Crippen LogP contribution in [-0.4, -0.2) is 24.7 Å². The van der Waals surface area contributed by atoms with Gasteiger partial charge in [0.15, 0.2) is 11.5 Å². The molecule has 0 aliphatic carbocycles. The fourth-order valence-electron chi connectivity index (χ4n) is 3.65. The molecule has 26 heavy (non-hydrogen) atoms. The van der Waals surface area contributed by atoms with Crippen molar-refractivity contribution < 1.29 is 14.4 Å². The highest BCUT2D eigenvalue weighted by Crippen LogP contribution is 2.42. The van der Waals surface area contributed by atoms with Crippen LogP contribution in [0.4, 0.5) is 11.4 Å². The molecule has 0 amide bonds. The summed E-state index contributed by atoms with van der Waals surface area (Å²) >= 11 is 0. The van der Waals surface area contributed by atoms with E-state index in [1.807, 2.05) is 29.2 Å². The Labute approximate surface area is 150 Å². The molecule has 2 aromatic carbocycles. The summed E-state index contributed by atoms with van der Waals surface area (Å²) in [6.07, 6.45) is 1.84. The van der Waals surface area contributed by atoms with E-state index in [9.17, 15) is 10.1 Å². The molecule has 1 fully saturated rings. The van der Waals surface area contributed by atoms with E-state index in [-0.39, 0.29) is 17.3 Å². The van der Waals surface area contributed by atoms with Crippen LogP contribution in [0.1, 0.15) is 30.0 Å². The molecule has 2 aliphatic heterocycles. The van der Waals surface area contributed by atoms with E-state index in [0.717, 1.165) is 36.4 Å². The maximum atomic E-state index is 11.5. The molecule has 2 aromatic rings.